The van der Waals surface area contributed by atoms with Gasteiger partial charge in [0.25, 0.3) is 0 Å². The summed E-state index contributed by atoms with van der Waals surface area (Å²) in [4.78, 5) is 3.90. The van der Waals surface area contributed by atoms with Gasteiger partial charge in [-0.2, -0.15) is 10.2 Å². The van der Waals surface area contributed by atoms with Gasteiger partial charge in [-0.25, -0.2) is 26.9 Å². The van der Waals surface area contributed by atoms with Crippen LogP contribution < -0.4 is 5.32 Å². The van der Waals surface area contributed by atoms with Crippen LogP contribution in [-0.4, -0.2) is 55.6 Å². The average molecular weight is 517 g/mol. The van der Waals surface area contributed by atoms with E-state index in [1.165, 1.54) is 23.4 Å². The van der Waals surface area contributed by atoms with E-state index in [1.807, 2.05) is 18.2 Å². The van der Waals surface area contributed by atoms with Crippen LogP contribution in [0.2, 0.25) is 0 Å². The molecule has 190 valence electrons. The van der Waals surface area contributed by atoms with E-state index < -0.39 is 33.1 Å². The van der Waals surface area contributed by atoms with Gasteiger partial charge < -0.3 is 10.4 Å². The van der Waals surface area contributed by atoms with Crippen LogP contribution in [0.4, 0.5) is 14.5 Å². The Labute approximate surface area is 206 Å². The summed E-state index contributed by atoms with van der Waals surface area (Å²) in [6.45, 7) is 1.57. The van der Waals surface area contributed by atoms with Gasteiger partial charge in [-0.05, 0) is 44.0 Å². The van der Waals surface area contributed by atoms with E-state index in [9.17, 15) is 22.3 Å². The first-order valence-corrected chi connectivity index (χ1v) is 13.4. The van der Waals surface area contributed by atoms with Crippen LogP contribution in [0.5, 0.6) is 0 Å². The number of rotatable bonds is 7. The molecule has 2 N–H and O–H groups in total. The first-order valence-electron chi connectivity index (χ1n) is 11.6. The van der Waals surface area contributed by atoms with Gasteiger partial charge in [0.15, 0.2) is 0 Å². The van der Waals surface area contributed by atoms with Crippen molar-refractivity contribution >= 4 is 26.4 Å². The lowest BCUT2D eigenvalue weighted by Gasteiger charge is -2.35. The molecule has 5 rings (SSSR count). The summed E-state index contributed by atoms with van der Waals surface area (Å²) in [5.41, 5.74) is -0.379. The van der Waals surface area contributed by atoms with E-state index in [2.05, 4.69) is 20.5 Å². The number of sulfone groups is 1. The van der Waals surface area contributed by atoms with Crippen molar-refractivity contribution in [2.75, 3.05) is 16.8 Å². The fourth-order valence-electron chi connectivity index (χ4n) is 4.77. The van der Waals surface area contributed by atoms with Gasteiger partial charge in [0.1, 0.15) is 39.7 Å². The maximum Gasteiger partial charge on any atom is 0.150 e. The summed E-state index contributed by atoms with van der Waals surface area (Å²) in [5.74, 6) is -1.27. The molecule has 2 atom stereocenters. The predicted molar refractivity (Wildman–Crippen MR) is 130 cm³/mol. The van der Waals surface area contributed by atoms with Crippen molar-refractivity contribution in [1.29, 1.82) is 0 Å². The first kappa shape index (κ1) is 24.3. The molecule has 0 saturated carbocycles. The Kier molecular flexibility index (Phi) is 6.25. The van der Waals surface area contributed by atoms with Gasteiger partial charge in [-0.3, -0.25) is 4.68 Å². The molecule has 36 heavy (non-hydrogen) atoms. The van der Waals surface area contributed by atoms with Crippen LogP contribution >= 0.6 is 0 Å². The van der Waals surface area contributed by atoms with Gasteiger partial charge >= 0.3 is 0 Å². The maximum absolute atomic E-state index is 14.9. The number of hydrogen-bond donors (Lipinski definition) is 2. The Morgan fingerprint density at radius 3 is 2.64 bits per heavy atom. The summed E-state index contributed by atoms with van der Waals surface area (Å²) in [6, 6.07) is 7.98. The monoisotopic (exact) mass is 516 g/mol. The largest absolute Gasteiger partial charge is 0.382 e. The van der Waals surface area contributed by atoms with Gasteiger partial charge in [-0.15, -0.1) is 0 Å². The van der Waals surface area contributed by atoms with Crippen LogP contribution in [0.3, 0.4) is 0 Å². The topological polar surface area (TPSA) is 115 Å². The lowest BCUT2D eigenvalue weighted by molar-refractivity contribution is -0.0354. The Morgan fingerprint density at radius 1 is 1.17 bits per heavy atom. The molecule has 9 nitrogen and oxygen atoms in total. The summed E-state index contributed by atoms with van der Waals surface area (Å²) in [5, 5.41) is 24.6. The lowest BCUT2D eigenvalue weighted by Crippen LogP contribution is -2.41. The first-order chi connectivity index (χ1) is 17.1. The van der Waals surface area contributed by atoms with Crippen LogP contribution in [0, 0.1) is 11.6 Å². The van der Waals surface area contributed by atoms with Gasteiger partial charge in [0.05, 0.1) is 35.8 Å². The third-order valence-electron chi connectivity index (χ3n) is 6.85. The highest BCUT2D eigenvalue weighted by Crippen LogP contribution is 2.38. The summed E-state index contributed by atoms with van der Waals surface area (Å²) in [6.07, 6.45) is 5.48. The number of aromatic nitrogens is 5. The van der Waals surface area contributed by atoms with Crippen LogP contribution in [0.25, 0.3) is 10.9 Å². The maximum atomic E-state index is 14.9. The molecule has 2 aromatic heterocycles. The van der Waals surface area contributed by atoms with E-state index in [0.29, 0.717) is 18.4 Å². The van der Waals surface area contributed by atoms with Crippen LogP contribution in [-0.2, 0) is 22.0 Å². The Hall–Kier alpha value is -3.38. The molecule has 1 fully saturated rings. The fourth-order valence-corrected chi connectivity index (χ4v) is 6.26. The molecule has 0 bridgehead atoms. The zero-order valence-electron chi connectivity index (χ0n) is 19.6. The number of halogens is 2. The molecule has 0 radical (unpaired) electrons. The lowest BCUT2D eigenvalue weighted by atomic mass is 9.86. The number of anilines is 1. The van der Waals surface area contributed by atoms with E-state index in [-0.39, 0.29) is 29.7 Å². The number of nitrogens with one attached hydrogen (secondary N) is 1. The quantitative estimate of drug-likeness (QED) is 0.388. The molecule has 0 aliphatic carbocycles. The minimum Gasteiger partial charge on any atom is -0.382 e. The van der Waals surface area contributed by atoms with Crippen LogP contribution in [0.1, 0.15) is 31.4 Å². The van der Waals surface area contributed by atoms with Crippen molar-refractivity contribution < 1.29 is 22.3 Å². The number of benzene rings is 2. The molecular formula is C24H26F2N6O3S. The molecule has 2 aromatic carbocycles. The third-order valence-corrected chi connectivity index (χ3v) is 8.56. The van der Waals surface area contributed by atoms with Crippen molar-refractivity contribution in [2.45, 2.75) is 44.0 Å². The molecule has 0 amide bonds. The van der Waals surface area contributed by atoms with Crippen LogP contribution in [0.15, 0.2) is 55.2 Å². The highest BCUT2D eigenvalue weighted by Gasteiger charge is 2.41. The predicted octanol–water partition coefficient (Wildman–Crippen LogP) is 3.04. The minimum atomic E-state index is -2.94. The smallest absolute Gasteiger partial charge is 0.150 e. The second kappa shape index (κ2) is 9.25. The van der Waals surface area contributed by atoms with Gasteiger partial charge in [0.2, 0.25) is 0 Å². The molecule has 0 spiro atoms. The highest BCUT2D eigenvalue weighted by atomic mass is 32.2. The molecule has 12 heteroatoms. The zero-order valence-corrected chi connectivity index (χ0v) is 20.4. The molecule has 1 aliphatic heterocycles. The van der Waals surface area contributed by atoms with Crippen molar-refractivity contribution in [1.82, 2.24) is 24.5 Å². The van der Waals surface area contributed by atoms with Gasteiger partial charge in [0, 0.05) is 28.7 Å². The fraction of sp³-hybridized carbons (Fsp3) is 0.375. The van der Waals surface area contributed by atoms with Crippen molar-refractivity contribution in [3.8, 4) is 0 Å². The van der Waals surface area contributed by atoms with Crippen molar-refractivity contribution in [3.63, 3.8) is 0 Å². The Bertz CT molecular complexity index is 1480. The van der Waals surface area contributed by atoms with E-state index in [0.717, 1.165) is 23.2 Å². The average Bonchev–Trinajstić information content (AvgIpc) is 3.49. The number of hydrogen-bond acceptors (Lipinski definition) is 7. The number of nitrogens with zero attached hydrogens (tertiary/aromatic N) is 5. The molecule has 4 aromatic rings. The van der Waals surface area contributed by atoms with E-state index >= 15 is 0 Å². The summed E-state index contributed by atoms with van der Waals surface area (Å²) in [7, 11) is -2.94. The summed E-state index contributed by atoms with van der Waals surface area (Å²) < 4.78 is 54.9. The zero-order chi connectivity index (χ0) is 25.5. The van der Waals surface area contributed by atoms with Crippen molar-refractivity contribution in [3.05, 3.63) is 72.4 Å². The second-order valence-electron chi connectivity index (χ2n) is 9.25. The van der Waals surface area contributed by atoms with E-state index in [1.54, 1.807) is 17.8 Å². The molecule has 0 unspecified atom stereocenters. The molecule has 1 aliphatic rings. The molecule has 1 saturated heterocycles. The van der Waals surface area contributed by atoms with Crippen molar-refractivity contribution in [2.24, 2.45) is 0 Å². The standard InChI is InChI=1S/C24H26F2N6O3S/c1-16(24(33,13-31-15-27-14-29-31)21-4-2-18(25)11-22(21)26)32-23-5-3-20(10-17(23)12-28-32)30-19-6-8-36(34,35)9-7-19/h2-5,10-12,14-16,19,30,33H,6-9,13H2,1H3/t16-,24-/m1/s1. The minimum absolute atomic E-state index is 0.0640. The van der Waals surface area contributed by atoms with E-state index in [4.69, 9.17) is 0 Å². The Balaban J connectivity index is 1.46. The summed E-state index contributed by atoms with van der Waals surface area (Å²) >= 11 is 0. The third kappa shape index (κ3) is 4.70. The molecule has 3 heterocycles. The second-order valence-corrected chi connectivity index (χ2v) is 11.6. The number of aliphatic hydroxyl groups is 1. The van der Waals surface area contributed by atoms with Gasteiger partial charge in [-0.1, -0.05) is 6.07 Å². The highest BCUT2D eigenvalue weighted by molar-refractivity contribution is 7.91. The SMILES string of the molecule is C[C@@H](n1ncc2cc(NC3CCS(=O)(=O)CC3)ccc21)[C@](O)(Cn1cncn1)c1ccc(F)cc1F. The normalized spacial score (nSPS) is 18.7. The Morgan fingerprint density at radius 2 is 1.94 bits per heavy atom. The molecular weight excluding hydrogens is 490 g/mol. The number of fused-ring (bicyclic) bond motifs is 1.